The maximum atomic E-state index is 6.37. The number of nitrogens with zero attached hydrogens (tertiary/aromatic N) is 1. The first-order valence-corrected chi connectivity index (χ1v) is 8.06. The van der Waals surface area contributed by atoms with Crippen molar-refractivity contribution < 1.29 is 4.74 Å². The fourth-order valence-corrected chi connectivity index (χ4v) is 3.09. The van der Waals surface area contributed by atoms with E-state index < -0.39 is 0 Å². The highest BCUT2D eigenvalue weighted by Crippen LogP contribution is 2.32. The van der Waals surface area contributed by atoms with E-state index in [1.807, 2.05) is 24.4 Å². The molecule has 1 aromatic rings. The molecule has 0 aromatic carbocycles. The monoisotopic (exact) mass is 276 g/mol. The number of hydrogen-bond donors (Lipinski definition) is 1. The lowest BCUT2D eigenvalue weighted by Crippen LogP contribution is -2.34. The molecule has 2 N–H and O–H groups in total. The molecule has 3 heteroatoms. The third-order valence-electron chi connectivity index (χ3n) is 4.49. The predicted octanol–water partition coefficient (Wildman–Crippen LogP) is 3.85. The van der Waals surface area contributed by atoms with Crippen molar-refractivity contribution in [1.82, 2.24) is 4.98 Å². The van der Waals surface area contributed by atoms with Crippen molar-refractivity contribution in [1.29, 1.82) is 0 Å². The third-order valence-corrected chi connectivity index (χ3v) is 4.49. The molecule has 1 aliphatic rings. The summed E-state index contributed by atoms with van der Waals surface area (Å²) in [5.41, 5.74) is 7.24. The molecule has 1 heterocycles. The SMILES string of the molecule is CCC1CCCC(OC(c2ccccn2)C(N)CC)C1. The van der Waals surface area contributed by atoms with Crippen LogP contribution in [0.1, 0.15) is 64.2 Å². The minimum atomic E-state index is -0.0678. The second kappa shape index (κ2) is 7.75. The average Bonchev–Trinajstić information content (AvgIpc) is 2.53. The van der Waals surface area contributed by atoms with Gasteiger partial charge < -0.3 is 10.5 Å². The number of ether oxygens (including phenoxy) is 1. The maximum Gasteiger partial charge on any atom is 0.115 e. The van der Waals surface area contributed by atoms with E-state index in [0.29, 0.717) is 6.10 Å². The molecule has 0 amide bonds. The molecule has 0 radical (unpaired) electrons. The third kappa shape index (κ3) is 4.03. The molecule has 1 saturated carbocycles. The van der Waals surface area contributed by atoms with E-state index in [9.17, 15) is 0 Å². The standard InChI is InChI=1S/C17H28N2O/c1-3-13-8-7-9-14(12-13)20-17(15(18)4-2)16-10-5-6-11-19-16/h5-6,10-11,13-15,17H,3-4,7-9,12,18H2,1-2H3. The molecule has 1 fully saturated rings. The van der Waals surface area contributed by atoms with Gasteiger partial charge in [0.15, 0.2) is 0 Å². The number of hydrogen-bond acceptors (Lipinski definition) is 3. The van der Waals surface area contributed by atoms with Crippen LogP contribution in [0.3, 0.4) is 0 Å². The van der Waals surface area contributed by atoms with E-state index in [0.717, 1.165) is 24.5 Å². The van der Waals surface area contributed by atoms with Crippen molar-refractivity contribution in [2.75, 3.05) is 0 Å². The summed E-state index contributed by atoms with van der Waals surface area (Å²) in [6.07, 6.45) is 9.24. The van der Waals surface area contributed by atoms with Crippen molar-refractivity contribution in [3.63, 3.8) is 0 Å². The van der Waals surface area contributed by atoms with Gasteiger partial charge in [0.05, 0.1) is 11.8 Å². The van der Waals surface area contributed by atoms with E-state index >= 15 is 0 Å². The van der Waals surface area contributed by atoms with Crippen LogP contribution in [0.4, 0.5) is 0 Å². The summed E-state index contributed by atoms with van der Waals surface area (Å²) in [6.45, 7) is 4.39. The minimum Gasteiger partial charge on any atom is -0.367 e. The van der Waals surface area contributed by atoms with Gasteiger partial charge in [0.1, 0.15) is 6.10 Å². The molecule has 1 aliphatic carbocycles. The lowest BCUT2D eigenvalue weighted by molar-refractivity contribution is -0.0554. The van der Waals surface area contributed by atoms with Gasteiger partial charge in [-0.25, -0.2) is 0 Å². The quantitative estimate of drug-likeness (QED) is 0.858. The van der Waals surface area contributed by atoms with Gasteiger partial charge in [0.2, 0.25) is 0 Å². The van der Waals surface area contributed by atoms with Gasteiger partial charge in [0.25, 0.3) is 0 Å². The second-order valence-electron chi connectivity index (χ2n) is 5.95. The molecular weight excluding hydrogens is 248 g/mol. The van der Waals surface area contributed by atoms with Crippen LogP contribution in [0.25, 0.3) is 0 Å². The zero-order valence-electron chi connectivity index (χ0n) is 12.8. The number of pyridine rings is 1. The minimum absolute atomic E-state index is 0.0203. The Morgan fingerprint density at radius 1 is 1.35 bits per heavy atom. The van der Waals surface area contributed by atoms with E-state index in [-0.39, 0.29) is 12.1 Å². The highest BCUT2D eigenvalue weighted by atomic mass is 16.5. The van der Waals surface area contributed by atoms with Crippen LogP contribution in [0.15, 0.2) is 24.4 Å². The summed E-state index contributed by atoms with van der Waals surface area (Å²) in [5.74, 6) is 0.816. The Labute approximate surface area is 122 Å². The van der Waals surface area contributed by atoms with E-state index in [4.69, 9.17) is 10.5 Å². The number of aromatic nitrogens is 1. The van der Waals surface area contributed by atoms with Gasteiger partial charge in [-0.05, 0) is 37.3 Å². The molecular formula is C17H28N2O. The Morgan fingerprint density at radius 2 is 2.20 bits per heavy atom. The van der Waals surface area contributed by atoms with Crippen LogP contribution < -0.4 is 5.73 Å². The Hall–Kier alpha value is -0.930. The molecule has 2 rings (SSSR count). The van der Waals surface area contributed by atoms with Gasteiger partial charge in [-0.15, -0.1) is 0 Å². The molecule has 112 valence electrons. The molecule has 1 aromatic heterocycles. The fraction of sp³-hybridized carbons (Fsp3) is 0.706. The number of nitrogens with two attached hydrogens (primary N) is 1. The number of rotatable bonds is 6. The van der Waals surface area contributed by atoms with Crippen LogP contribution in [-0.2, 0) is 4.74 Å². The van der Waals surface area contributed by atoms with Crippen LogP contribution in [0, 0.1) is 5.92 Å². The van der Waals surface area contributed by atoms with Crippen molar-refractivity contribution >= 4 is 0 Å². The maximum absolute atomic E-state index is 6.37. The van der Waals surface area contributed by atoms with E-state index in [1.165, 1.54) is 25.7 Å². The summed E-state index contributed by atoms with van der Waals surface area (Å²) in [6, 6.07) is 6.00. The summed E-state index contributed by atoms with van der Waals surface area (Å²) >= 11 is 0. The summed E-state index contributed by atoms with van der Waals surface area (Å²) in [5, 5.41) is 0. The Kier molecular flexibility index (Phi) is 5.99. The van der Waals surface area contributed by atoms with Gasteiger partial charge in [-0.3, -0.25) is 4.98 Å². The van der Waals surface area contributed by atoms with E-state index in [2.05, 4.69) is 18.8 Å². The molecule has 0 bridgehead atoms. The zero-order valence-corrected chi connectivity index (χ0v) is 12.8. The first kappa shape index (κ1) is 15.5. The Bertz CT molecular complexity index is 382. The Morgan fingerprint density at radius 3 is 2.85 bits per heavy atom. The second-order valence-corrected chi connectivity index (χ2v) is 5.95. The predicted molar refractivity (Wildman–Crippen MR) is 82.4 cm³/mol. The zero-order chi connectivity index (χ0) is 14.4. The van der Waals surface area contributed by atoms with Gasteiger partial charge in [-0.2, -0.15) is 0 Å². The smallest absolute Gasteiger partial charge is 0.115 e. The van der Waals surface area contributed by atoms with Gasteiger partial charge in [-0.1, -0.05) is 39.2 Å². The summed E-state index contributed by atoms with van der Waals surface area (Å²) in [7, 11) is 0. The van der Waals surface area contributed by atoms with Crippen molar-refractivity contribution in [3.05, 3.63) is 30.1 Å². The first-order chi connectivity index (χ1) is 9.74. The van der Waals surface area contributed by atoms with Crippen molar-refractivity contribution in [2.45, 2.75) is 70.6 Å². The molecule has 4 atom stereocenters. The molecule has 3 nitrogen and oxygen atoms in total. The van der Waals surface area contributed by atoms with Crippen LogP contribution in [0.5, 0.6) is 0 Å². The molecule has 0 spiro atoms. The van der Waals surface area contributed by atoms with Crippen molar-refractivity contribution in [3.8, 4) is 0 Å². The first-order valence-electron chi connectivity index (χ1n) is 8.06. The fourth-order valence-electron chi connectivity index (χ4n) is 3.09. The lowest BCUT2D eigenvalue weighted by Gasteiger charge is -2.33. The molecule has 4 unspecified atom stereocenters. The normalized spacial score (nSPS) is 26.1. The highest BCUT2D eigenvalue weighted by molar-refractivity contribution is 5.09. The molecule has 20 heavy (non-hydrogen) atoms. The highest BCUT2D eigenvalue weighted by Gasteiger charge is 2.28. The topological polar surface area (TPSA) is 48.1 Å². The van der Waals surface area contributed by atoms with Gasteiger partial charge >= 0.3 is 0 Å². The average molecular weight is 276 g/mol. The molecule has 0 aliphatic heterocycles. The summed E-state index contributed by atoms with van der Waals surface area (Å²) < 4.78 is 6.37. The van der Waals surface area contributed by atoms with Crippen LogP contribution >= 0.6 is 0 Å². The largest absolute Gasteiger partial charge is 0.367 e. The Balaban J connectivity index is 2.04. The van der Waals surface area contributed by atoms with Crippen LogP contribution in [-0.4, -0.2) is 17.1 Å². The summed E-state index contributed by atoms with van der Waals surface area (Å²) in [4.78, 5) is 4.45. The van der Waals surface area contributed by atoms with Crippen LogP contribution in [0.2, 0.25) is 0 Å². The van der Waals surface area contributed by atoms with Crippen molar-refractivity contribution in [2.24, 2.45) is 11.7 Å². The molecule has 0 saturated heterocycles. The van der Waals surface area contributed by atoms with Gasteiger partial charge in [0, 0.05) is 12.2 Å². The lowest BCUT2D eigenvalue weighted by atomic mass is 9.85. The van der Waals surface area contributed by atoms with E-state index in [1.54, 1.807) is 0 Å².